The van der Waals surface area contributed by atoms with Gasteiger partial charge in [-0.2, -0.15) is 4.68 Å². The van der Waals surface area contributed by atoms with Crippen LogP contribution in [0.15, 0.2) is 33.5 Å². The van der Waals surface area contributed by atoms with E-state index in [-0.39, 0.29) is 24.9 Å². The topological polar surface area (TPSA) is 97.4 Å². The highest BCUT2D eigenvalue weighted by molar-refractivity contribution is 6.06. The molecule has 1 N–H and O–H groups in total. The van der Waals surface area contributed by atoms with Crippen LogP contribution < -0.4 is 11.1 Å². The fraction of sp³-hybridized carbons (Fsp3) is 0.375. The molecule has 2 aromatic rings. The first-order chi connectivity index (χ1) is 11.8. The normalized spacial score (nSPS) is 16.4. The van der Waals surface area contributed by atoms with E-state index >= 15 is 0 Å². The fourth-order valence-corrected chi connectivity index (χ4v) is 2.56. The molecular formula is C16H17FN4O4. The second-order valence-electron chi connectivity index (χ2n) is 6.27. The molecular weight excluding hydrogens is 331 g/mol. The predicted octanol–water partition coefficient (Wildman–Crippen LogP) is 1.36. The minimum absolute atomic E-state index is 0.0844. The van der Waals surface area contributed by atoms with Crippen LogP contribution in [0.25, 0.3) is 11.5 Å². The fourth-order valence-electron chi connectivity index (χ4n) is 2.56. The van der Waals surface area contributed by atoms with Crippen LogP contribution in [-0.2, 0) is 11.3 Å². The Labute approximate surface area is 142 Å². The van der Waals surface area contributed by atoms with E-state index in [0.717, 1.165) is 9.58 Å². The molecule has 132 valence electrons. The standard InChI is InChI=1S/C16H17FN4O4/c1-16(2)13(22)20(14(23)18-16)8-3-9-21-15(24)25-12(19-21)10-4-6-11(17)7-5-10/h4-7H,3,8-9H2,1-2H3,(H,18,23). The Kier molecular flexibility index (Phi) is 4.15. The molecule has 9 heteroatoms. The lowest BCUT2D eigenvalue weighted by molar-refractivity contribution is -0.130. The van der Waals surface area contributed by atoms with Gasteiger partial charge in [0, 0.05) is 18.7 Å². The molecule has 0 saturated carbocycles. The Morgan fingerprint density at radius 2 is 1.84 bits per heavy atom. The zero-order valence-corrected chi connectivity index (χ0v) is 13.8. The summed E-state index contributed by atoms with van der Waals surface area (Å²) in [5.41, 5.74) is -0.439. The predicted molar refractivity (Wildman–Crippen MR) is 85.1 cm³/mol. The van der Waals surface area contributed by atoms with Gasteiger partial charge in [-0.25, -0.2) is 14.0 Å². The lowest BCUT2D eigenvalue weighted by atomic mass is 10.1. The molecule has 1 aromatic heterocycles. The number of halogens is 1. The number of imide groups is 1. The SMILES string of the molecule is CC1(C)NC(=O)N(CCCn2nc(-c3ccc(F)cc3)oc2=O)C1=O. The van der Waals surface area contributed by atoms with E-state index in [2.05, 4.69) is 10.4 Å². The summed E-state index contributed by atoms with van der Waals surface area (Å²) in [4.78, 5) is 36.8. The van der Waals surface area contributed by atoms with Gasteiger partial charge in [0.25, 0.3) is 5.91 Å². The number of nitrogens with zero attached hydrogens (tertiary/aromatic N) is 3. The van der Waals surface area contributed by atoms with Crippen LogP contribution in [0.3, 0.4) is 0 Å². The Morgan fingerprint density at radius 1 is 1.16 bits per heavy atom. The summed E-state index contributed by atoms with van der Waals surface area (Å²) in [7, 11) is 0. The highest BCUT2D eigenvalue weighted by Gasteiger charge is 2.43. The van der Waals surface area contributed by atoms with E-state index in [1.807, 2.05) is 0 Å². The number of aromatic nitrogens is 2. The molecule has 1 aliphatic rings. The van der Waals surface area contributed by atoms with Crippen molar-refractivity contribution in [3.8, 4) is 11.5 Å². The maximum absolute atomic E-state index is 12.9. The van der Waals surface area contributed by atoms with Gasteiger partial charge in [0.2, 0.25) is 5.89 Å². The van der Waals surface area contributed by atoms with E-state index in [1.54, 1.807) is 13.8 Å². The van der Waals surface area contributed by atoms with Gasteiger partial charge in [-0.15, -0.1) is 5.10 Å². The number of carbonyl (C=O) groups is 2. The third-order valence-corrected chi connectivity index (χ3v) is 3.89. The van der Waals surface area contributed by atoms with Crippen LogP contribution in [0.1, 0.15) is 20.3 Å². The van der Waals surface area contributed by atoms with Crippen LogP contribution >= 0.6 is 0 Å². The van der Waals surface area contributed by atoms with E-state index < -0.39 is 23.1 Å². The minimum atomic E-state index is -0.919. The number of urea groups is 1. The average Bonchev–Trinajstić information content (AvgIpc) is 3.00. The molecule has 0 spiro atoms. The summed E-state index contributed by atoms with van der Waals surface area (Å²) in [5, 5.41) is 6.64. The van der Waals surface area contributed by atoms with Gasteiger partial charge < -0.3 is 9.73 Å². The zero-order valence-electron chi connectivity index (χ0n) is 13.8. The lowest BCUT2D eigenvalue weighted by Gasteiger charge is -2.15. The second-order valence-corrected chi connectivity index (χ2v) is 6.27. The summed E-state index contributed by atoms with van der Waals surface area (Å²) in [6, 6.07) is 4.96. The van der Waals surface area contributed by atoms with Gasteiger partial charge in [-0.1, -0.05) is 0 Å². The van der Waals surface area contributed by atoms with Crippen molar-refractivity contribution in [3.05, 3.63) is 40.6 Å². The van der Waals surface area contributed by atoms with Crippen molar-refractivity contribution in [3.63, 3.8) is 0 Å². The first-order valence-corrected chi connectivity index (χ1v) is 7.76. The highest BCUT2D eigenvalue weighted by atomic mass is 19.1. The molecule has 2 heterocycles. The number of aryl methyl sites for hydroxylation is 1. The number of hydrogen-bond donors (Lipinski definition) is 1. The molecule has 1 aromatic carbocycles. The first-order valence-electron chi connectivity index (χ1n) is 7.76. The van der Waals surface area contributed by atoms with Crippen LogP contribution in [-0.4, -0.2) is 38.7 Å². The lowest BCUT2D eigenvalue weighted by Crippen LogP contribution is -2.40. The van der Waals surface area contributed by atoms with Crippen molar-refractivity contribution in [1.29, 1.82) is 0 Å². The Bertz CT molecular complexity index is 869. The van der Waals surface area contributed by atoms with Gasteiger partial charge in [-0.3, -0.25) is 9.69 Å². The third-order valence-electron chi connectivity index (χ3n) is 3.89. The van der Waals surface area contributed by atoms with Crippen molar-refractivity contribution in [2.75, 3.05) is 6.54 Å². The summed E-state index contributed by atoms with van der Waals surface area (Å²) >= 11 is 0. The number of amides is 3. The smallest absolute Gasteiger partial charge is 0.388 e. The molecule has 3 amide bonds. The Hall–Kier alpha value is -2.97. The maximum atomic E-state index is 12.9. The van der Waals surface area contributed by atoms with Crippen molar-refractivity contribution in [1.82, 2.24) is 20.0 Å². The molecule has 1 fully saturated rings. The van der Waals surface area contributed by atoms with E-state index in [9.17, 15) is 18.8 Å². The summed E-state index contributed by atoms with van der Waals surface area (Å²) in [6.45, 7) is 3.61. The number of rotatable bonds is 5. The monoisotopic (exact) mass is 348 g/mol. The zero-order chi connectivity index (χ0) is 18.2. The van der Waals surface area contributed by atoms with Gasteiger partial charge in [0.1, 0.15) is 11.4 Å². The molecule has 0 atom stereocenters. The molecule has 0 bridgehead atoms. The van der Waals surface area contributed by atoms with Crippen LogP contribution in [0.2, 0.25) is 0 Å². The van der Waals surface area contributed by atoms with Gasteiger partial charge in [0.05, 0.1) is 0 Å². The number of nitrogens with one attached hydrogen (secondary N) is 1. The Balaban J connectivity index is 1.65. The quantitative estimate of drug-likeness (QED) is 0.823. The van der Waals surface area contributed by atoms with Crippen LogP contribution in [0, 0.1) is 5.82 Å². The number of benzene rings is 1. The largest absolute Gasteiger partial charge is 0.437 e. The third kappa shape index (κ3) is 3.30. The molecule has 25 heavy (non-hydrogen) atoms. The molecule has 0 unspecified atom stereocenters. The molecule has 0 radical (unpaired) electrons. The Morgan fingerprint density at radius 3 is 2.44 bits per heavy atom. The molecule has 1 saturated heterocycles. The highest BCUT2D eigenvalue weighted by Crippen LogP contribution is 2.17. The summed E-state index contributed by atoms with van der Waals surface area (Å²) in [6.07, 6.45) is 0.352. The van der Waals surface area contributed by atoms with E-state index in [1.165, 1.54) is 24.3 Å². The van der Waals surface area contributed by atoms with Gasteiger partial charge in [0.15, 0.2) is 0 Å². The van der Waals surface area contributed by atoms with Crippen molar-refractivity contribution >= 4 is 11.9 Å². The van der Waals surface area contributed by atoms with Crippen LogP contribution in [0.5, 0.6) is 0 Å². The van der Waals surface area contributed by atoms with Gasteiger partial charge in [-0.05, 0) is 44.5 Å². The molecule has 8 nitrogen and oxygen atoms in total. The summed E-state index contributed by atoms with van der Waals surface area (Å²) in [5.74, 6) is -1.28. The van der Waals surface area contributed by atoms with Gasteiger partial charge >= 0.3 is 11.8 Å². The maximum Gasteiger partial charge on any atom is 0.437 e. The first kappa shape index (κ1) is 16.9. The van der Waals surface area contributed by atoms with Crippen molar-refractivity contribution < 1.29 is 18.4 Å². The average molecular weight is 348 g/mol. The summed E-state index contributed by atoms with van der Waals surface area (Å²) < 4.78 is 19.1. The molecule has 1 aliphatic heterocycles. The van der Waals surface area contributed by atoms with Crippen molar-refractivity contribution in [2.24, 2.45) is 0 Å². The van der Waals surface area contributed by atoms with E-state index in [4.69, 9.17) is 4.42 Å². The molecule has 0 aliphatic carbocycles. The number of hydrogen-bond acceptors (Lipinski definition) is 5. The number of carbonyl (C=O) groups excluding carboxylic acids is 2. The van der Waals surface area contributed by atoms with E-state index in [0.29, 0.717) is 12.0 Å². The van der Waals surface area contributed by atoms with Crippen molar-refractivity contribution in [2.45, 2.75) is 32.4 Å². The van der Waals surface area contributed by atoms with Crippen LogP contribution in [0.4, 0.5) is 9.18 Å². The second kappa shape index (κ2) is 6.15. The molecule has 3 rings (SSSR count). The minimum Gasteiger partial charge on any atom is -0.388 e.